The van der Waals surface area contributed by atoms with Gasteiger partial charge in [0.25, 0.3) is 0 Å². The number of unbranched alkanes of at least 4 members (excludes halogenated alkanes) is 9. The normalized spacial score (nSPS) is 31.1. The molecule has 272 valence electrons. The van der Waals surface area contributed by atoms with Crippen molar-refractivity contribution in [3.8, 4) is 0 Å². The average molecular weight is 679 g/mol. The van der Waals surface area contributed by atoms with Crippen LogP contribution in [0, 0.1) is 0 Å². The lowest BCUT2D eigenvalue weighted by Crippen LogP contribution is -2.64. The molecule has 0 aromatic heterocycles. The molecule has 0 aliphatic carbocycles. The van der Waals surface area contributed by atoms with E-state index >= 15 is 0 Å². The van der Waals surface area contributed by atoms with E-state index in [1.807, 2.05) is 0 Å². The van der Waals surface area contributed by atoms with Crippen molar-refractivity contribution in [3.05, 3.63) is 12.2 Å². The zero-order chi connectivity index (χ0) is 34.8. The van der Waals surface area contributed by atoms with E-state index in [0.29, 0.717) is 6.42 Å². The second-order valence-electron chi connectivity index (χ2n) is 12.1. The lowest BCUT2D eigenvalue weighted by Gasteiger charge is -2.44. The van der Waals surface area contributed by atoms with E-state index in [9.17, 15) is 45.0 Å². The first-order chi connectivity index (χ1) is 22.5. The first kappa shape index (κ1) is 41.0. The van der Waals surface area contributed by atoms with Crippen molar-refractivity contribution in [1.29, 1.82) is 0 Å². The second-order valence-corrected chi connectivity index (χ2v) is 12.1. The molecule has 0 aromatic carbocycles. The zero-order valence-corrected chi connectivity index (χ0v) is 27.1. The molecule has 2 aliphatic heterocycles. The summed E-state index contributed by atoms with van der Waals surface area (Å²) in [7, 11) is 0. The molecule has 0 aromatic rings. The molecule has 47 heavy (non-hydrogen) atoms. The van der Waals surface area contributed by atoms with E-state index in [4.69, 9.17) is 28.8 Å². The molecule has 2 heterocycles. The number of carboxylic acid groups (broad SMARTS) is 1. The molecule has 7 N–H and O–H groups in total. The summed E-state index contributed by atoms with van der Waals surface area (Å²) in [6, 6.07) is 0. The van der Waals surface area contributed by atoms with Crippen molar-refractivity contribution in [3.63, 3.8) is 0 Å². The highest BCUT2D eigenvalue weighted by molar-refractivity contribution is 5.76. The third kappa shape index (κ3) is 14.8. The first-order valence-electron chi connectivity index (χ1n) is 16.7. The number of allylic oxidation sites excluding steroid dienone is 2. The third-order valence-corrected chi connectivity index (χ3v) is 8.11. The maximum absolute atomic E-state index is 12.3. The molecule has 0 bridgehead atoms. The number of aliphatic hydroxyl groups is 6. The fourth-order valence-electron chi connectivity index (χ4n) is 5.16. The van der Waals surface area contributed by atoms with Crippen LogP contribution in [0.3, 0.4) is 0 Å². The fourth-order valence-corrected chi connectivity index (χ4v) is 5.16. The van der Waals surface area contributed by atoms with Gasteiger partial charge in [-0.1, -0.05) is 57.6 Å². The minimum absolute atomic E-state index is 0.149. The second kappa shape index (κ2) is 22.4. The Labute approximate surface area is 275 Å². The van der Waals surface area contributed by atoms with Crippen LogP contribution in [-0.4, -0.2) is 128 Å². The van der Waals surface area contributed by atoms with Gasteiger partial charge in [-0.2, -0.15) is 0 Å². The Hall–Kier alpha value is -2.21. The van der Waals surface area contributed by atoms with Gasteiger partial charge in [-0.25, -0.2) is 0 Å². The molecule has 2 rings (SSSR count). The number of carbonyl (C=O) groups excluding carboxylic acids is 2. The van der Waals surface area contributed by atoms with E-state index in [2.05, 4.69) is 19.1 Å². The molecule has 0 amide bonds. The Morgan fingerprint density at radius 3 is 1.51 bits per heavy atom. The number of hydrogen-bond donors (Lipinski definition) is 7. The molecule has 2 saturated heterocycles. The van der Waals surface area contributed by atoms with E-state index < -0.39 is 105 Å². The number of esters is 2. The van der Waals surface area contributed by atoms with E-state index in [1.165, 1.54) is 25.7 Å². The molecule has 15 nitrogen and oxygen atoms in total. The summed E-state index contributed by atoms with van der Waals surface area (Å²) < 4.78 is 26.5. The van der Waals surface area contributed by atoms with Gasteiger partial charge in [0.15, 0.2) is 12.6 Å². The predicted octanol–water partition coefficient (Wildman–Crippen LogP) is 0.827. The van der Waals surface area contributed by atoms with Gasteiger partial charge < -0.3 is 59.4 Å². The Morgan fingerprint density at radius 1 is 0.574 bits per heavy atom. The van der Waals surface area contributed by atoms with Crippen LogP contribution in [0.2, 0.25) is 0 Å². The van der Waals surface area contributed by atoms with Crippen LogP contribution in [0.4, 0.5) is 0 Å². The Balaban J connectivity index is 1.75. The van der Waals surface area contributed by atoms with E-state index in [1.54, 1.807) is 0 Å². The average Bonchev–Trinajstić information content (AvgIpc) is 3.05. The standard InChI is InChI=1S/C32H54O15/c1-2-3-4-5-6-7-8-9-10-11-12-13-14-15-23(35)43-18-20-25(37)27(39)29(41)31(45-20)47-32-30(42)28(40)26(38)21(46-32)19-44-24(36)17-16-22(33)34/h7-8,20-21,25-32,37-42H,2-6,9-19H2,1H3,(H,33,34)/b8-7-. The minimum atomic E-state index is -1.88. The first-order valence-corrected chi connectivity index (χ1v) is 16.7. The quantitative estimate of drug-likeness (QED) is 0.0477. The van der Waals surface area contributed by atoms with Crippen LogP contribution in [0.25, 0.3) is 0 Å². The Bertz CT molecular complexity index is 945. The summed E-state index contributed by atoms with van der Waals surface area (Å²) in [4.78, 5) is 34.7. The number of hydrogen-bond acceptors (Lipinski definition) is 14. The zero-order valence-electron chi connectivity index (χ0n) is 27.1. The SMILES string of the molecule is CCCCCC/C=C\CCCCCCCC(=O)OCC1OC(OC2OC(COC(=O)CCC(=O)O)C(O)C(O)C2O)C(O)C(O)C1O. The van der Waals surface area contributed by atoms with Gasteiger partial charge >= 0.3 is 17.9 Å². The van der Waals surface area contributed by atoms with Crippen LogP contribution in [0.15, 0.2) is 12.2 Å². The molecule has 0 spiro atoms. The molecule has 10 unspecified atom stereocenters. The van der Waals surface area contributed by atoms with Crippen molar-refractivity contribution in [2.24, 2.45) is 0 Å². The van der Waals surface area contributed by atoms with Crippen molar-refractivity contribution in [2.75, 3.05) is 13.2 Å². The van der Waals surface area contributed by atoms with Crippen LogP contribution in [-0.2, 0) is 38.1 Å². The van der Waals surface area contributed by atoms with Gasteiger partial charge in [-0.3, -0.25) is 14.4 Å². The Kier molecular flexibility index (Phi) is 19.5. The highest BCUT2D eigenvalue weighted by atomic mass is 16.8. The maximum atomic E-state index is 12.3. The van der Waals surface area contributed by atoms with E-state index in [0.717, 1.165) is 38.5 Å². The number of carboxylic acids is 1. The summed E-state index contributed by atoms with van der Waals surface area (Å²) in [5.74, 6) is -2.66. The molecule has 15 heteroatoms. The Morgan fingerprint density at radius 2 is 1.02 bits per heavy atom. The van der Waals surface area contributed by atoms with E-state index in [-0.39, 0.29) is 6.42 Å². The van der Waals surface area contributed by atoms with Crippen molar-refractivity contribution < 1.29 is 73.8 Å². The summed E-state index contributed by atoms with van der Waals surface area (Å²) >= 11 is 0. The van der Waals surface area contributed by atoms with Crippen molar-refractivity contribution in [1.82, 2.24) is 0 Å². The van der Waals surface area contributed by atoms with Gasteiger partial charge in [0.05, 0.1) is 12.8 Å². The van der Waals surface area contributed by atoms with Crippen LogP contribution < -0.4 is 0 Å². The minimum Gasteiger partial charge on any atom is -0.481 e. The molecule has 0 saturated carbocycles. The lowest BCUT2D eigenvalue weighted by molar-refractivity contribution is -0.376. The summed E-state index contributed by atoms with van der Waals surface area (Å²) in [6.07, 6.45) is -1.54. The number of aliphatic hydroxyl groups excluding tert-OH is 6. The van der Waals surface area contributed by atoms with Gasteiger partial charge in [-0.15, -0.1) is 0 Å². The molecular weight excluding hydrogens is 624 g/mol. The number of ether oxygens (including phenoxy) is 5. The molecule has 2 aliphatic rings. The smallest absolute Gasteiger partial charge is 0.306 e. The highest BCUT2D eigenvalue weighted by Gasteiger charge is 2.50. The maximum Gasteiger partial charge on any atom is 0.306 e. The van der Waals surface area contributed by atoms with Gasteiger partial charge in [0, 0.05) is 6.42 Å². The summed E-state index contributed by atoms with van der Waals surface area (Å²) in [6.45, 7) is 1.10. The number of rotatable bonds is 22. The monoisotopic (exact) mass is 678 g/mol. The predicted molar refractivity (Wildman–Crippen MR) is 163 cm³/mol. The number of aliphatic carboxylic acids is 1. The lowest BCUT2D eigenvalue weighted by atomic mass is 9.98. The van der Waals surface area contributed by atoms with Crippen molar-refractivity contribution >= 4 is 17.9 Å². The topological polar surface area (TPSA) is 239 Å². The largest absolute Gasteiger partial charge is 0.481 e. The van der Waals surface area contributed by atoms with Gasteiger partial charge in [-0.05, 0) is 32.1 Å². The highest BCUT2D eigenvalue weighted by Crippen LogP contribution is 2.28. The summed E-state index contributed by atoms with van der Waals surface area (Å²) in [5.41, 5.74) is 0. The van der Waals surface area contributed by atoms with Gasteiger partial charge in [0.2, 0.25) is 0 Å². The summed E-state index contributed by atoms with van der Waals surface area (Å²) in [5, 5.41) is 70.8. The van der Waals surface area contributed by atoms with Crippen LogP contribution in [0.1, 0.15) is 96.8 Å². The fraction of sp³-hybridized carbons (Fsp3) is 0.844. The third-order valence-electron chi connectivity index (χ3n) is 8.11. The van der Waals surface area contributed by atoms with Crippen molar-refractivity contribution in [2.45, 2.75) is 158 Å². The molecular formula is C32H54O15. The number of carbonyl (C=O) groups is 3. The van der Waals surface area contributed by atoms with Gasteiger partial charge in [0.1, 0.15) is 62.0 Å². The molecule has 0 radical (unpaired) electrons. The van der Waals surface area contributed by atoms with Crippen LogP contribution in [0.5, 0.6) is 0 Å². The molecule has 2 fully saturated rings. The molecule has 10 atom stereocenters. The van der Waals surface area contributed by atoms with Crippen LogP contribution >= 0.6 is 0 Å².